The average Bonchev–Trinajstić information content (AvgIpc) is 3.17. The molecule has 0 aromatic carbocycles. The largest absolute Gasteiger partial charge is 0.481 e. The van der Waals surface area contributed by atoms with Gasteiger partial charge in [0.05, 0.1) is 17.9 Å². The first kappa shape index (κ1) is 14.6. The summed E-state index contributed by atoms with van der Waals surface area (Å²) >= 11 is 0. The first-order chi connectivity index (χ1) is 9.54. The van der Waals surface area contributed by atoms with Crippen molar-refractivity contribution in [2.24, 2.45) is 5.41 Å². The number of carboxylic acids is 1. The van der Waals surface area contributed by atoms with Crippen LogP contribution in [-0.2, 0) is 4.79 Å². The fourth-order valence-corrected chi connectivity index (χ4v) is 2.82. The minimum absolute atomic E-state index is 0.0978. The molecule has 1 saturated heterocycles. The molecule has 2 rings (SSSR count). The van der Waals surface area contributed by atoms with Crippen molar-refractivity contribution in [2.75, 3.05) is 19.6 Å². The predicted molar refractivity (Wildman–Crippen MR) is 71.9 cm³/mol. The molecule has 1 heterocycles. The molecular weight excluding hydrogens is 258 g/mol. The number of nitrogens with zero attached hydrogens (tertiary/aromatic N) is 3. The number of carbonyl (C=O) groups is 2. The van der Waals surface area contributed by atoms with Crippen molar-refractivity contribution in [1.82, 2.24) is 9.80 Å². The second-order valence-corrected chi connectivity index (χ2v) is 5.73. The third kappa shape index (κ3) is 2.72. The molecule has 1 aliphatic carbocycles. The lowest BCUT2D eigenvalue weighted by atomic mass is 9.84. The summed E-state index contributed by atoms with van der Waals surface area (Å²) in [6.07, 6.45) is 3.36. The van der Waals surface area contributed by atoms with Crippen molar-refractivity contribution >= 4 is 12.0 Å². The lowest BCUT2D eigenvalue weighted by Crippen LogP contribution is -2.45. The second kappa shape index (κ2) is 5.70. The molecule has 110 valence electrons. The summed E-state index contributed by atoms with van der Waals surface area (Å²) in [6, 6.07) is 2.22. The normalized spacial score (nSPS) is 25.3. The van der Waals surface area contributed by atoms with Gasteiger partial charge < -0.3 is 14.9 Å². The molecule has 0 aromatic rings. The van der Waals surface area contributed by atoms with Crippen LogP contribution in [0.1, 0.15) is 39.0 Å². The summed E-state index contributed by atoms with van der Waals surface area (Å²) in [5.74, 6) is -0.815. The van der Waals surface area contributed by atoms with Crippen LogP contribution in [0.25, 0.3) is 0 Å². The van der Waals surface area contributed by atoms with Gasteiger partial charge in [-0.05, 0) is 25.7 Å². The standard InChI is InChI=1S/C14H21N3O3/c1-2-14(12(18)19)6-9-16(10-14)13(20)17(8-3-7-15)11-4-5-11/h11H,2-6,8-10H2,1H3,(H,18,19). The van der Waals surface area contributed by atoms with E-state index in [0.29, 0.717) is 32.4 Å². The topological polar surface area (TPSA) is 84.6 Å². The molecule has 1 saturated carbocycles. The van der Waals surface area contributed by atoms with E-state index >= 15 is 0 Å². The quantitative estimate of drug-likeness (QED) is 0.829. The summed E-state index contributed by atoms with van der Waals surface area (Å²) in [5.41, 5.74) is -0.792. The first-order valence-corrected chi connectivity index (χ1v) is 7.20. The molecule has 2 amide bonds. The fourth-order valence-electron chi connectivity index (χ4n) is 2.82. The average molecular weight is 279 g/mol. The van der Waals surface area contributed by atoms with E-state index in [2.05, 4.69) is 6.07 Å². The molecule has 1 aliphatic heterocycles. The molecule has 2 fully saturated rings. The highest BCUT2D eigenvalue weighted by Crippen LogP contribution is 2.36. The minimum atomic E-state index is -0.815. The van der Waals surface area contributed by atoms with E-state index in [0.717, 1.165) is 12.8 Å². The third-order valence-corrected chi connectivity index (χ3v) is 4.45. The number of rotatable bonds is 5. The monoisotopic (exact) mass is 279 g/mol. The Morgan fingerprint density at radius 3 is 2.65 bits per heavy atom. The number of carbonyl (C=O) groups excluding carboxylic acids is 1. The Labute approximate surface area is 119 Å². The zero-order valence-electron chi connectivity index (χ0n) is 11.8. The van der Waals surface area contributed by atoms with Crippen molar-refractivity contribution in [1.29, 1.82) is 5.26 Å². The van der Waals surface area contributed by atoms with Crippen molar-refractivity contribution < 1.29 is 14.7 Å². The van der Waals surface area contributed by atoms with E-state index in [-0.39, 0.29) is 18.6 Å². The van der Waals surface area contributed by atoms with Gasteiger partial charge in [-0.1, -0.05) is 6.92 Å². The van der Waals surface area contributed by atoms with Crippen molar-refractivity contribution in [3.8, 4) is 6.07 Å². The molecule has 2 aliphatic rings. The Morgan fingerprint density at radius 1 is 1.50 bits per heavy atom. The van der Waals surface area contributed by atoms with Gasteiger partial charge >= 0.3 is 12.0 Å². The van der Waals surface area contributed by atoms with Gasteiger partial charge in [-0.3, -0.25) is 4.79 Å². The summed E-state index contributed by atoms with van der Waals surface area (Å²) in [4.78, 5) is 27.3. The van der Waals surface area contributed by atoms with E-state index < -0.39 is 11.4 Å². The highest BCUT2D eigenvalue weighted by molar-refractivity contribution is 5.80. The molecule has 6 heteroatoms. The van der Waals surface area contributed by atoms with Gasteiger partial charge in [-0.2, -0.15) is 5.26 Å². The number of carboxylic acid groups (broad SMARTS) is 1. The number of aliphatic carboxylic acids is 1. The molecule has 1 unspecified atom stereocenters. The lowest BCUT2D eigenvalue weighted by Gasteiger charge is -2.29. The fraction of sp³-hybridized carbons (Fsp3) is 0.786. The minimum Gasteiger partial charge on any atom is -0.481 e. The maximum absolute atomic E-state index is 12.5. The molecule has 6 nitrogen and oxygen atoms in total. The summed E-state index contributed by atoms with van der Waals surface area (Å²) < 4.78 is 0. The van der Waals surface area contributed by atoms with Crippen LogP contribution in [0, 0.1) is 16.7 Å². The van der Waals surface area contributed by atoms with Crippen LogP contribution < -0.4 is 0 Å². The molecule has 0 bridgehead atoms. The van der Waals surface area contributed by atoms with Gasteiger partial charge in [0.25, 0.3) is 0 Å². The molecular formula is C14H21N3O3. The number of urea groups is 1. The Balaban J connectivity index is 2.02. The zero-order chi connectivity index (χ0) is 14.8. The molecule has 0 radical (unpaired) electrons. The highest BCUT2D eigenvalue weighted by Gasteiger charge is 2.46. The SMILES string of the molecule is CCC1(C(=O)O)CCN(C(=O)N(CCC#N)C2CC2)C1. The number of hydrogen-bond acceptors (Lipinski definition) is 3. The Kier molecular flexibility index (Phi) is 4.17. The molecule has 20 heavy (non-hydrogen) atoms. The van der Waals surface area contributed by atoms with Gasteiger partial charge in [-0.15, -0.1) is 0 Å². The number of amides is 2. The second-order valence-electron chi connectivity index (χ2n) is 5.73. The summed E-state index contributed by atoms with van der Waals surface area (Å²) in [5, 5.41) is 18.0. The van der Waals surface area contributed by atoms with Crippen molar-refractivity contribution in [2.45, 2.75) is 45.1 Å². The predicted octanol–water partition coefficient (Wildman–Crippen LogP) is 1.67. The van der Waals surface area contributed by atoms with Gasteiger partial charge in [0.2, 0.25) is 0 Å². The number of hydrogen-bond donors (Lipinski definition) is 1. The van der Waals surface area contributed by atoms with Crippen LogP contribution >= 0.6 is 0 Å². The molecule has 0 aromatic heterocycles. The maximum atomic E-state index is 12.5. The van der Waals surface area contributed by atoms with Crippen LogP contribution in [0.2, 0.25) is 0 Å². The Bertz CT molecular complexity index is 441. The van der Waals surface area contributed by atoms with Gasteiger partial charge in [0, 0.05) is 25.7 Å². The zero-order valence-corrected chi connectivity index (χ0v) is 11.8. The number of nitriles is 1. The van der Waals surface area contributed by atoms with E-state index in [1.54, 1.807) is 9.80 Å². The van der Waals surface area contributed by atoms with Crippen LogP contribution in [-0.4, -0.2) is 52.6 Å². The summed E-state index contributed by atoms with van der Waals surface area (Å²) in [6.45, 7) is 3.08. The van der Waals surface area contributed by atoms with E-state index in [4.69, 9.17) is 5.26 Å². The Morgan fingerprint density at radius 2 is 2.20 bits per heavy atom. The van der Waals surface area contributed by atoms with Gasteiger partial charge in [0.1, 0.15) is 0 Å². The van der Waals surface area contributed by atoms with Crippen molar-refractivity contribution in [3.63, 3.8) is 0 Å². The molecule has 1 N–H and O–H groups in total. The summed E-state index contributed by atoms with van der Waals surface area (Å²) in [7, 11) is 0. The van der Waals surface area contributed by atoms with Crippen LogP contribution in [0.3, 0.4) is 0 Å². The number of likely N-dealkylation sites (tertiary alicyclic amines) is 1. The van der Waals surface area contributed by atoms with Crippen LogP contribution in [0.15, 0.2) is 0 Å². The maximum Gasteiger partial charge on any atom is 0.320 e. The molecule has 1 atom stereocenters. The van der Waals surface area contributed by atoms with E-state index in [9.17, 15) is 14.7 Å². The molecule has 0 spiro atoms. The van der Waals surface area contributed by atoms with E-state index in [1.165, 1.54) is 0 Å². The van der Waals surface area contributed by atoms with Crippen LogP contribution in [0.4, 0.5) is 4.79 Å². The third-order valence-electron chi connectivity index (χ3n) is 4.45. The van der Waals surface area contributed by atoms with Gasteiger partial charge in [0.15, 0.2) is 0 Å². The first-order valence-electron chi connectivity index (χ1n) is 7.20. The van der Waals surface area contributed by atoms with E-state index in [1.807, 2.05) is 6.92 Å². The smallest absolute Gasteiger partial charge is 0.320 e. The van der Waals surface area contributed by atoms with Gasteiger partial charge in [-0.25, -0.2) is 4.79 Å². The van der Waals surface area contributed by atoms with Crippen LogP contribution in [0.5, 0.6) is 0 Å². The Hall–Kier alpha value is -1.77. The highest BCUT2D eigenvalue weighted by atomic mass is 16.4. The lowest BCUT2D eigenvalue weighted by molar-refractivity contribution is -0.148. The van der Waals surface area contributed by atoms with Crippen molar-refractivity contribution in [3.05, 3.63) is 0 Å².